The lowest BCUT2D eigenvalue weighted by Gasteiger charge is -2.15. The van der Waals surface area contributed by atoms with Crippen molar-refractivity contribution >= 4 is 11.5 Å². The van der Waals surface area contributed by atoms with E-state index in [1.54, 1.807) is 0 Å². The second-order valence-electron chi connectivity index (χ2n) is 3.65. The minimum atomic E-state index is 0.208. The SMILES string of the molecule is CCc1nnsc1C(C)(C)C. The highest BCUT2D eigenvalue weighted by molar-refractivity contribution is 7.05. The number of hydrogen-bond donors (Lipinski definition) is 0. The number of rotatable bonds is 1. The van der Waals surface area contributed by atoms with Crippen molar-refractivity contribution in [2.75, 3.05) is 0 Å². The van der Waals surface area contributed by atoms with E-state index in [-0.39, 0.29) is 5.41 Å². The van der Waals surface area contributed by atoms with E-state index < -0.39 is 0 Å². The number of aryl methyl sites for hydroxylation is 1. The van der Waals surface area contributed by atoms with Crippen LogP contribution in [0.15, 0.2) is 0 Å². The predicted molar refractivity (Wildman–Crippen MR) is 48.0 cm³/mol. The molecule has 1 aromatic rings. The van der Waals surface area contributed by atoms with E-state index in [2.05, 4.69) is 37.3 Å². The average molecular weight is 170 g/mol. The van der Waals surface area contributed by atoms with Crippen molar-refractivity contribution < 1.29 is 0 Å². The third kappa shape index (κ3) is 1.77. The van der Waals surface area contributed by atoms with Crippen LogP contribution in [0.5, 0.6) is 0 Å². The van der Waals surface area contributed by atoms with Gasteiger partial charge in [-0.15, -0.1) is 5.10 Å². The van der Waals surface area contributed by atoms with Gasteiger partial charge in [0.1, 0.15) is 0 Å². The van der Waals surface area contributed by atoms with Gasteiger partial charge in [-0.2, -0.15) is 0 Å². The topological polar surface area (TPSA) is 25.8 Å². The summed E-state index contributed by atoms with van der Waals surface area (Å²) in [4.78, 5) is 1.32. The molecule has 0 aromatic carbocycles. The molecule has 3 heteroatoms. The summed E-state index contributed by atoms with van der Waals surface area (Å²) in [6, 6.07) is 0. The zero-order valence-electron chi connectivity index (χ0n) is 7.51. The van der Waals surface area contributed by atoms with Crippen molar-refractivity contribution in [3.8, 4) is 0 Å². The lowest BCUT2D eigenvalue weighted by molar-refractivity contribution is 0.594. The van der Waals surface area contributed by atoms with E-state index in [1.807, 2.05) is 0 Å². The molecule has 0 atom stereocenters. The van der Waals surface area contributed by atoms with Crippen LogP contribution in [0, 0.1) is 0 Å². The Bertz CT molecular complexity index is 234. The van der Waals surface area contributed by atoms with Crippen LogP contribution in [-0.4, -0.2) is 9.59 Å². The molecule has 0 saturated carbocycles. The first-order chi connectivity index (χ1) is 5.05. The van der Waals surface area contributed by atoms with Crippen LogP contribution < -0.4 is 0 Å². The molecule has 0 radical (unpaired) electrons. The van der Waals surface area contributed by atoms with E-state index in [1.165, 1.54) is 16.4 Å². The summed E-state index contributed by atoms with van der Waals surface area (Å²) in [6.45, 7) is 8.70. The van der Waals surface area contributed by atoms with Crippen LogP contribution in [0.4, 0.5) is 0 Å². The van der Waals surface area contributed by atoms with Crippen molar-refractivity contribution in [1.82, 2.24) is 9.59 Å². The molecule has 0 aliphatic rings. The first-order valence-corrected chi connectivity index (χ1v) is 4.64. The van der Waals surface area contributed by atoms with E-state index >= 15 is 0 Å². The Morgan fingerprint density at radius 1 is 1.36 bits per heavy atom. The zero-order chi connectivity index (χ0) is 8.48. The number of aromatic nitrogens is 2. The Kier molecular flexibility index (Phi) is 2.28. The second-order valence-corrected chi connectivity index (χ2v) is 4.41. The van der Waals surface area contributed by atoms with Gasteiger partial charge in [0.2, 0.25) is 0 Å². The first kappa shape index (κ1) is 8.65. The normalized spacial score (nSPS) is 12.0. The fourth-order valence-electron chi connectivity index (χ4n) is 1.01. The number of hydrogen-bond acceptors (Lipinski definition) is 3. The van der Waals surface area contributed by atoms with Crippen LogP contribution in [-0.2, 0) is 11.8 Å². The Hall–Kier alpha value is -0.440. The van der Waals surface area contributed by atoms with E-state index in [9.17, 15) is 0 Å². The summed E-state index contributed by atoms with van der Waals surface area (Å²) in [5, 5.41) is 4.07. The third-order valence-electron chi connectivity index (χ3n) is 1.57. The van der Waals surface area contributed by atoms with Gasteiger partial charge >= 0.3 is 0 Å². The molecule has 0 aliphatic carbocycles. The summed E-state index contributed by atoms with van der Waals surface area (Å²) < 4.78 is 3.95. The summed E-state index contributed by atoms with van der Waals surface area (Å²) in [5.41, 5.74) is 1.36. The monoisotopic (exact) mass is 170 g/mol. The third-order valence-corrected chi connectivity index (χ3v) is 2.77. The van der Waals surface area contributed by atoms with E-state index in [0.717, 1.165) is 12.1 Å². The van der Waals surface area contributed by atoms with Gasteiger partial charge in [0.05, 0.1) is 10.6 Å². The minimum absolute atomic E-state index is 0.208. The van der Waals surface area contributed by atoms with Crippen molar-refractivity contribution in [2.45, 2.75) is 39.5 Å². The molecular formula is C8H14N2S. The Morgan fingerprint density at radius 2 is 2.00 bits per heavy atom. The molecule has 1 heterocycles. The highest BCUT2D eigenvalue weighted by Gasteiger charge is 2.20. The number of nitrogens with zero attached hydrogens (tertiary/aromatic N) is 2. The highest BCUT2D eigenvalue weighted by atomic mass is 32.1. The van der Waals surface area contributed by atoms with Crippen molar-refractivity contribution in [3.05, 3.63) is 10.6 Å². The van der Waals surface area contributed by atoms with Gasteiger partial charge < -0.3 is 0 Å². The van der Waals surface area contributed by atoms with Crippen LogP contribution in [0.3, 0.4) is 0 Å². The van der Waals surface area contributed by atoms with Gasteiger partial charge in [0.15, 0.2) is 0 Å². The van der Waals surface area contributed by atoms with Gasteiger partial charge in [-0.3, -0.25) is 0 Å². The molecule has 0 unspecified atom stereocenters. The quantitative estimate of drug-likeness (QED) is 0.646. The molecule has 2 nitrogen and oxygen atoms in total. The van der Waals surface area contributed by atoms with Gasteiger partial charge in [-0.25, -0.2) is 0 Å². The maximum atomic E-state index is 4.07. The molecule has 0 N–H and O–H groups in total. The molecule has 0 saturated heterocycles. The largest absolute Gasteiger partial charge is 0.143 e. The van der Waals surface area contributed by atoms with E-state index in [0.29, 0.717) is 0 Å². The van der Waals surface area contributed by atoms with Crippen molar-refractivity contribution in [2.24, 2.45) is 0 Å². The Morgan fingerprint density at radius 3 is 2.36 bits per heavy atom. The lowest BCUT2D eigenvalue weighted by Crippen LogP contribution is -2.11. The molecular weight excluding hydrogens is 156 g/mol. The molecule has 0 aliphatic heterocycles. The molecule has 11 heavy (non-hydrogen) atoms. The summed E-state index contributed by atoms with van der Waals surface area (Å²) in [5.74, 6) is 0. The maximum absolute atomic E-state index is 4.07. The average Bonchev–Trinajstić information content (AvgIpc) is 2.31. The summed E-state index contributed by atoms with van der Waals surface area (Å²) in [6.07, 6.45) is 0.989. The van der Waals surface area contributed by atoms with Crippen LogP contribution in [0.1, 0.15) is 38.3 Å². The maximum Gasteiger partial charge on any atom is 0.0790 e. The van der Waals surface area contributed by atoms with Gasteiger partial charge in [-0.1, -0.05) is 32.2 Å². The van der Waals surface area contributed by atoms with E-state index in [4.69, 9.17) is 0 Å². The summed E-state index contributed by atoms with van der Waals surface area (Å²) in [7, 11) is 0. The Labute approximate surface area is 71.8 Å². The lowest BCUT2D eigenvalue weighted by atomic mass is 9.93. The summed E-state index contributed by atoms with van der Waals surface area (Å²) >= 11 is 1.52. The Balaban J connectivity index is 3.02. The predicted octanol–water partition coefficient (Wildman–Crippen LogP) is 2.40. The minimum Gasteiger partial charge on any atom is -0.143 e. The first-order valence-electron chi connectivity index (χ1n) is 3.87. The fourth-order valence-corrected chi connectivity index (χ4v) is 1.80. The van der Waals surface area contributed by atoms with Crippen molar-refractivity contribution in [3.63, 3.8) is 0 Å². The van der Waals surface area contributed by atoms with Crippen LogP contribution in [0.2, 0.25) is 0 Å². The zero-order valence-corrected chi connectivity index (χ0v) is 8.33. The molecule has 0 fully saturated rings. The standard InChI is InChI=1S/C8H14N2S/c1-5-6-7(8(2,3)4)11-10-9-6/h5H2,1-4H3. The molecule has 1 rings (SSSR count). The molecule has 0 bridgehead atoms. The van der Waals surface area contributed by atoms with Gasteiger partial charge in [0, 0.05) is 0 Å². The van der Waals surface area contributed by atoms with Crippen molar-refractivity contribution in [1.29, 1.82) is 0 Å². The molecule has 62 valence electrons. The molecule has 0 amide bonds. The van der Waals surface area contributed by atoms with Gasteiger partial charge in [-0.05, 0) is 23.4 Å². The highest BCUT2D eigenvalue weighted by Crippen LogP contribution is 2.27. The molecule has 1 aromatic heterocycles. The fraction of sp³-hybridized carbons (Fsp3) is 0.750. The van der Waals surface area contributed by atoms with Gasteiger partial charge in [0.25, 0.3) is 0 Å². The smallest absolute Gasteiger partial charge is 0.0790 e. The molecule has 0 spiro atoms. The van der Waals surface area contributed by atoms with Crippen LogP contribution >= 0.6 is 11.5 Å². The second kappa shape index (κ2) is 2.89. The van der Waals surface area contributed by atoms with Crippen LogP contribution in [0.25, 0.3) is 0 Å².